The van der Waals surface area contributed by atoms with Gasteiger partial charge in [-0.05, 0) is 23.3 Å². The quantitative estimate of drug-likeness (QED) is 0.338. The fourth-order valence-electron chi connectivity index (χ4n) is 3.79. The Morgan fingerprint density at radius 1 is 0.903 bits per heavy atom. The second-order valence-electron chi connectivity index (χ2n) is 7.97. The Morgan fingerprint density at radius 3 is 2.00 bits per heavy atom. The van der Waals surface area contributed by atoms with Gasteiger partial charge in [-0.2, -0.15) is 0 Å². The van der Waals surface area contributed by atoms with Gasteiger partial charge in [-0.1, -0.05) is 98.2 Å². The lowest BCUT2D eigenvalue weighted by molar-refractivity contribution is -0.124. The molecule has 0 bridgehead atoms. The van der Waals surface area contributed by atoms with E-state index < -0.39 is 5.41 Å². The van der Waals surface area contributed by atoms with Crippen LogP contribution in [-0.2, 0) is 4.79 Å². The molecule has 0 saturated heterocycles. The summed E-state index contributed by atoms with van der Waals surface area (Å²) in [6.45, 7) is 3.97. The van der Waals surface area contributed by atoms with Crippen LogP contribution in [0.15, 0.2) is 90.3 Å². The first-order chi connectivity index (χ1) is 14.9. The van der Waals surface area contributed by atoms with Gasteiger partial charge in [-0.25, -0.2) is 4.98 Å². The number of aromatic nitrogens is 1. The molecule has 0 saturated carbocycles. The van der Waals surface area contributed by atoms with E-state index >= 15 is 0 Å². The molecule has 1 aromatic heterocycles. The van der Waals surface area contributed by atoms with Gasteiger partial charge in [0.1, 0.15) is 0 Å². The van der Waals surface area contributed by atoms with E-state index in [9.17, 15) is 4.79 Å². The van der Waals surface area contributed by atoms with E-state index in [-0.39, 0.29) is 11.8 Å². The van der Waals surface area contributed by atoms with E-state index in [1.807, 2.05) is 79.9 Å². The van der Waals surface area contributed by atoms with Crippen LogP contribution in [-0.4, -0.2) is 10.9 Å². The number of carbonyl (C=O) groups is 1. The number of thiazole rings is 1. The fraction of sp³-hybridized carbons (Fsp3) is 0.154. The molecule has 3 aromatic carbocycles. The Bertz CT molecular complexity index is 1120. The zero-order valence-electron chi connectivity index (χ0n) is 17.4. The lowest BCUT2D eigenvalue weighted by Gasteiger charge is -2.33. The van der Waals surface area contributed by atoms with Crippen LogP contribution in [0.1, 0.15) is 30.9 Å². The van der Waals surface area contributed by atoms with Crippen molar-refractivity contribution in [1.29, 1.82) is 0 Å². The van der Waals surface area contributed by atoms with Crippen molar-refractivity contribution in [2.75, 3.05) is 5.32 Å². The van der Waals surface area contributed by atoms with Crippen molar-refractivity contribution in [3.8, 4) is 11.3 Å². The van der Waals surface area contributed by atoms with Crippen molar-refractivity contribution >= 4 is 34.0 Å². The lowest BCUT2D eigenvalue weighted by atomic mass is 9.70. The largest absolute Gasteiger partial charge is 0.301 e. The molecule has 5 heteroatoms. The van der Waals surface area contributed by atoms with Gasteiger partial charge < -0.3 is 5.32 Å². The number of anilines is 1. The third kappa shape index (κ3) is 4.71. The second kappa shape index (κ2) is 9.04. The Hall–Kier alpha value is -2.95. The Kier molecular flexibility index (Phi) is 6.21. The SMILES string of the molecule is CC(C)(C(=O)Nc1nc(-c2ccc(Cl)cc2)cs1)C(c1ccccc1)c1ccccc1. The van der Waals surface area contributed by atoms with E-state index in [0.29, 0.717) is 10.2 Å². The van der Waals surface area contributed by atoms with Gasteiger partial charge >= 0.3 is 0 Å². The molecule has 0 unspecified atom stereocenters. The molecule has 156 valence electrons. The number of hydrogen-bond acceptors (Lipinski definition) is 3. The number of nitrogens with one attached hydrogen (secondary N) is 1. The van der Waals surface area contributed by atoms with Crippen molar-refractivity contribution in [2.45, 2.75) is 19.8 Å². The first-order valence-electron chi connectivity index (χ1n) is 10.1. The minimum Gasteiger partial charge on any atom is -0.301 e. The highest BCUT2D eigenvalue weighted by Gasteiger charge is 2.39. The van der Waals surface area contributed by atoms with Crippen molar-refractivity contribution in [3.63, 3.8) is 0 Å². The normalized spacial score (nSPS) is 11.5. The van der Waals surface area contributed by atoms with Crippen molar-refractivity contribution in [2.24, 2.45) is 5.41 Å². The summed E-state index contributed by atoms with van der Waals surface area (Å²) in [7, 11) is 0. The summed E-state index contributed by atoms with van der Waals surface area (Å²) in [4.78, 5) is 18.1. The topological polar surface area (TPSA) is 42.0 Å². The summed E-state index contributed by atoms with van der Waals surface area (Å²) >= 11 is 7.40. The number of hydrogen-bond donors (Lipinski definition) is 1. The summed E-state index contributed by atoms with van der Waals surface area (Å²) in [6, 6.07) is 27.9. The molecule has 1 amide bonds. The fourth-order valence-corrected chi connectivity index (χ4v) is 4.63. The molecule has 1 heterocycles. The van der Waals surface area contributed by atoms with Crippen LogP contribution >= 0.6 is 22.9 Å². The molecule has 1 N–H and O–H groups in total. The predicted octanol–water partition coefficient (Wildman–Crippen LogP) is 7.26. The van der Waals surface area contributed by atoms with E-state index in [4.69, 9.17) is 11.6 Å². The van der Waals surface area contributed by atoms with E-state index in [2.05, 4.69) is 34.6 Å². The third-order valence-corrected chi connectivity index (χ3v) is 6.45. The molecular formula is C26H23ClN2OS. The van der Waals surface area contributed by atoms with Gasteiger partial charge in [0.25, 0.3) is 0 Å². The highest BCUT2D eigenvalue weighted by atomic mass is 35.5. The van der Waals surface area contributed by atoms with Gasteiger partial charge in [0.15, 0.2) is 5.13 Å². The minimum atomic E-state index is -0.700. The minimum absolute atomic E-state index is 0.0674. The van der Waals surface area contributed by atoms with Crippen LogP contribution in [0, 0.1) is 5.41 Å². The highest BCUT2D eigenvalue weighted by Crippen LogP contribution is 2.42. The number of carbonyl (C=O) groups excluding carboxylic acids is 1. The van der Waals surface area contributed by atoms with E-state index in [1.165, 1.54) is 11.3 Å². The zero-order chi connectivity index (χ0) is 21.8. The molecule has 4 aromatic rings. The first kappa shape index (κ1) is 21.3. The summed E-state index contributed by atoms with van der Waals surface area (Å²) in [5.74, 6) is -0.159. The van der Waals surface area contributed by atoms with Gasteiger partial charge in [-0.3, -0.25) is 4.79 Å². The van der Waals surface area contributed by atoms with Gasteiger partial charge in [0.2, 0.25) is 5.91 Å². The predicted molar refractivity (Wildman–Crippen MR) is 130 cm³/mol. The maximum Gasteiger partial charge on any atom is 0.232 e. The zero-order valence-corrected chi connectivity index (χ0v) is 19.0. The van der Waals surface area contributed by atoms with Crippen LogP contribution in [0.5, 0.6) is 0 Å². The van der Waals surface area contributed by atoms with Crippen molar-refractivity contribution < 1.29 is 4.79 Å². The number of rotatable bonds is 6. The molecule has 0 aliphatic heterocycles. The van der Waals surface area contributed by atoms with Gasteiger partial charge in [0, 0.05) is 21.9 Å². The van der Waals surface area contributed by atoms with Crippen molar-refractivity contribution in [1.82, 2.24) is 4.98 Å². The number of amides is 1. The van der Waals surface area contributed by atoms with Crippen LogP contribution < -0.4 is 5.32 Å². The molecular weight excluding hydrogens is 424 g/mol. The summed E-state index contributed by atoms with van der Waals surface area (Å²) in [6.07, 6.45) is 0. The van der Waals surface area contributed by atoms with Crippen LogP contribution in [0.3, 0.4) is 0 Å². The molecule has 0 fully saturated rings. The third-order valence-electron chi connectivity index (χ3n) is 5.44. The second-order valence-corrected chi connectivity index (χ2v) is 9.27. The molecule has 0 radical (unpaired) electrons. The maximum atomic E-state index is 13.5. The molecule has 31 heavy (non-hydrogen) atoms. The van der Waals surface area contributed by atoms with Crippen LogP contribution in [0.25, 0.3) is 11.3 Å². The lowest BCUT2D eigenvalue weighted by Crippen LogP contribution is -2.37. The molecule has 0 aliphatic carbocycles. The smallest absolute Gasteiger partial charge is 0.232 e. The Morgan fingerprint density at radius 2 is 1.45 bits per heavy atom. The molecule has 3 nitrogen and oxygen atoms in total. The molecule has 0 spiro atoms. The standard InChI is InChI=1S/C26H23ClN2OS/c1-26(2,23(19-9-5-3-6-10-19)20-11-7-4-8-12-20)24(30)29-25-28-22(17-31-25)18-13-15-21(27)16-14-18/h3-17,23H,1-2H3,(H,28,29,30). The summed E-state index contributed by atoms with van der Waals surface area (Å²) < 4.78 is 0. The summed E-state index contributed by atoms with van der Waals surface area (Å²) in [5, 5.41) is 6.26. The highest BCUT2D eigenvalue weighted by molar-refractivity contribution is 7.14. The van der Waals surface area contributed by atoms with Gasteiger partial charge in [0.05, 0.1) is 11.1 Å². The Balaban J connectivity index is 1.61. The number of halogens is 1. The molecule has 0 atom stereocenters. The van der Waals surface area contributed by atoms with E-state index in [0.717, 1.165) is 22.4 Å². The van der Waals surface area contributed by atoms with Gasteiger partial charge in [-0.15, -0.1) is 11.3 Å². The Labute approximate surface area is 191 Å². The first-order valence-corrected chi connectivity index (χ1v) is 11.3. The average Bonchev–Trinajstić information content (AvgIpc) is 3.24. The van der Waals surface area contributed by atoms with Crippen molar-refractivity contribution in [3.05, 3.63) is 106 Å². The van der Waals surface area contributed by atoms with Crippen LogP contribution in [0.4, 0.5) is 5.13 Å². The molecule has 0 aliphatic rings. The average molecular weight is 447 g/mol. The molecule has 4 rings (SSSR count). The maximum absolute atomic E-state index is 13.5. The monoisotopic (exact) mass is 446 g/mol. The van der Waals surface area contributed by atoms with E-state index in [1.54, 1.807) is 0 Å². The van der Waals surface area contributed by atoms with Crippen LogP contribution in [0.2, 0.25) is 5.02 Å². The summed E-state index contributed by atoms with van der Waals surface area (Å²) in [5.41, 5.74) is 3.29. The number of benzene rings is 3. The number of nitrogens with zero attached hydrogens (tertiary/aromatic N) is 1.